The van der Waals surface area contributed by atoms with Crippen molar-refractivity contribution in [2.24, 2.45) is 0 Å². The van der Waals surface area contributed by atoms with Gasteiger partial charge < -0.3 is 4.74 Å². The maximum atomic E-state index is 13.5. The second-order valence-electron chi connectivity index (χ2n) is 3.13. The van der Waals surface area contributed by atoms with Crippen LogP contribution in [0.15, 0.2) is 12.1 Å². The molecule has 15 heavy (non-hydrogen) atoms. The summed E-state index contributed by atoms with van der Waals surface area (Å²) in [5.41, 5.74) is 1.14. The molecule has 4 heteroatoms. The predicted octanol–water partition coefficient (Wildman–Crippen LogP) is 3.05. The number of halogens is 2. The number of rotatable bonds is 3. The standard InChI is InChI=1S/C11H12ClFO2/c1-3-15-11(14)10-8(6-12)4-7(2)5-9(10)13/h4-5H,3,6H2,1-2H3. The molecule has 0 aliphatic carbocycles. The number of esters is 1. The van der Waals surface area contributed by atoms with E-state index in [1.165, 1.54) is 6.07 Å². The summed E-state index contributed by atoms with van der Waals surface area (Å²) in [6.07, 6.45) is 0. The van der Waals surface area contributed by atoms with Crippen LogP contribution in [0.4, 0.5) is 4.39 Å². The molecule has 1 aromatic rings. The van der Waals surface area contributed by atoms with Gasteiger partial charge in [0.05, 0.1) is 12.2 Å². The number of hydrogen-bond acceptors (Lipinski definition) is 2. The fraction of sp³-hybridized carbons (Fsp3) is 0.364. The van der Waals surface area contributed by atoms with Crippen LogP contribution < -0.4 is 0 Å². The Hall–Kier alpha value is -1.09. The lowest BCUT2D eigenvalue weighted by Crippen LogP contribution is -2.10. The average molecular weight is 231 g/mol. The molecule has 0 unspecified atom stereocenters. The second kappa shape index (κ2) is 5.12. The lowest BCUT2D eigenvalue weighted by molar-refractivity contribution is 0.0520. The summed E-state index contributed by atoms with van der Waals surface area (Å²) in [5, 5.41) is 0. The topological polar surface area (TPSA) is 26.3 Å². The largest absolute Gasteiger partial charge is 0.462 e. The maximum absolute atomic E-state index is 13.5. The highest BCUT2D eigenvalue weighted by Gasteiger charge is 2.17. The SMILES string of the molecule is CCOC(=O)c1c(F)cc(C)cc1CCl. The molecule has 0 saturated carbocycles. The zero-order valence-corrected chi connectivity index (χ0v) is 9.40. The fourth-order valence-electron chi connectivity index (χ4n) is 1.35. The van der Waals surface area contributed by atoms with Gasteiger partial charge in [-0.05, 0) is 31.0 Å². The van der Waals surface area contributed by atoms with Crippen LogP contribution in [-0.2, 0) is 10.6 Å². The Balaban J connectivity index is 3.20. The minimum atomic E-state index is -0.661. The number of carbonyl (C=O) groups excluding carboxylic acids is 1. The fourth-order valence-corrected chi connectivity index (χ4v) is 1.56. The molecule has 0 N–H and O–H groups in total. The van der Waals surface area contributed by atoms with Gasteiger partial charge in [-0.25, -0.2) is 9.18 Å². The summed E-state index contributed by atoms with van der Waals surface area (Å²) < 4.78 is 18.3. The van der Waals surface area contributed by atoms with Crippen molar-refractivity contribution in [1.82, 2.24) is 0 Å². The van der Waals surface area contributed by atoms with Crippen molar-refractivity contribution in [3.05, 3.63) is 34.6 Å². The number of carbonyl (C=O) groups is 1. The number of benzene rings is 1. The molecule has 0 fully saturated rings. The lowest BCUT2D eigenvalue weighted by Gasteiger charge is -2.08. The molecule has 0 aliphatic heterocycles. The van der Waals surface area contributed by atoms with E-state index in [2.05, 4.69) is 0 Å². The molecule has 0 radical (unpaired) electrons. The first kappa shape index (κ1) is 12.0. The summed E-state index contributed by atoms with van der Waals surface area (Å²) in [6.45, 7) is 3.63. The molecular weight excluding hydrogens is 219 g/mol. The first-order valence-corrected chi connectivity index (χ1v) is 5.15. The molecule has 0 saturated heterocycles. The van der Waals surface area contributed by atoms with Crippen LogP contribution in [0.1, 0.15) is 28.4 Å². The Bertz CT molecular complexity index is 377. The van der Waals surface area contributed by atoms with Gasteiger partial charge >= 0.3 is 5.97 Å². The van der Waals surface area contributed by atoms with E-state index in [1.807, 2.05) is 0 Å². The van der Waals surface area contributed by atoms with Crippen LogP contribution in [0.2, 0.25) is 0 Å². The van der Waals surface area contributed by atoms with E-state index in [-0.39, 0.29) is 18.1 Å². The molecule has 2 nitrogen and oxygen atoms in total. The molecule has 0 aliphatic rings. The Morgan fingerprint density at radius 2 is 2.20 bits per heavy atom. The zero-order chi connectivity index (χ0) is 11.4. The Kier molecular flexibility index (Phi) is 4.09. The van der Waals surface area contributed by atoms with Crippen LogP contribution in [0.25, 0.3) is 0 Å². The van der Waals surface area contributed by atoms with Crippen molar-refractivity contribution >= 4 is 17.6 Å². The highest BCUT2D eigenvalue weighted by atomic mass is 35.5. The van der Waals surface area contributed by atoms with Crippen molar-refractivity contribution in [2.45, 2.75) is 19.7 Å². The third-order valence-electron chi connectivity index (χ3n) is 1.94. The Morgan fingerprint density at radius 3 is 2.73 bits per heavy atom. The zero-order valence-electron chi connectivity index (χ0n) is 8.64. The highest BCUT2D eigenvalue weighted by molar-refractivity contribution is 6.17. The van der Waals surface area contributed by atoms with Crippen LogP contribution >= 0.6 is 11.6 Å². The Morgan fingerprint density at radius 1 is 1.53 bits per heavy atom. The maximum Gasteiger partial charge on any atom is 0.341 e. The molecule has 0 heterocycles. The summed E-state index contributed by atoms with van der Waals surface area (Å²) in [7, 11) is 0. The van der Waals surface area contributed by atoms with E-state index in [0.29, 0.717) is 5.56 Å². The molecule has 1 rings (SSSR count). The van der Waals surface area contributed by atoms with Crippen LogP contribution in [0.5, 0.6) is 0 Å². The molecule has 0 atom stereocenters. The van der Waals surface area contributed by atoms with Gasteiger partial charge in [0.2, 0.25) is 0 Å². The first-order chi connectivity index (χ1) is 7.10. The van der Waals surface area contributed by atoms with Gasteiger partial charge in [0, 0.05) is 5.88 Å². The smallest absolute Gasteiger partial charge is 0.341 e. The summed E-state index contributed by atoms with van der Waals surface area (Å²) in [6, 6.07) is 2.98. The number of alkyl halides is 1. The van der Waals surface area contributed by atoms with Crippen molar-refractivity contribution in [3.8, 4) is 0 Å². The third kappa shape index (κ3) is 2.69. The molecule has 0 spiro atoms. The van der Waals surface area contributed by atoms with Gasteiger partial charge in [-0.15, -0.1) is 11.6 Å². The van der Waals surface area contributed by atoms with Crippen molar-refractivity contribution in [3.63, 3.8) is 0 Å². The minimum Gasteiger partial charge on any atom is -0.462 e. The van der Waals surface area contributed by atoms with E-state index in [1.54, 1.807) is 19.9 Å². The van der Waals surface area contributed by atoms with E-state index in [4.69, 9.17) is 16.3 Å². The lowest BCUT2D eigenvalue weighted by atomic mass is 10.1. The average Bonchev–Trinajstić information content (AvgIpc) is 2.16. The van der Waals surface area contributed by atoms with Crippen molar-refractivity contribution in [1.29, 1.82) is 0 Å². The van der Waals surface area contributed by atoms with Gasteiger partial charge in [0.15, 0.2) is 0 Å². The van der Waals surface area contributed by atoms with E-state index < -0.39 is 11.8 Å². The van der Waals surface area contributed by atoms with Crippen LogP contribution in [-0.4, -0.2) is 12.6 Å². The monoisotopic (exact) mass is 230 g/mol. The van der Waals surface area contributed by atoms with Crippen LogP contribution in [0.3, 0.4) is 0 Å². The molecule has 1 aromatic carbocycles. The molecule has 0 aromatic heterocycles. The van der Waals surface area contributed by atoms with Crippen LogP contribution in [0, 0.1) is 12.7 Å². The highest BCUT2D eigenvalue weighted by Crippen LogP contribution is 2.19. The van der Waals surface area contributed by atoms with E-state index in [9.17, 15) is 9.18 Å². The van der Waals surface area contributed by atoms with Gasteiger partial charge in [0.1, 0.15) is 5.82 Å². The summed E-state index contributed by atoms with van der Waals surface area (Å²) in [5.74, 6) is -1.15. The van der Waals surface area contributed by atoms with Gasteiger partial charge in [-0.1, -0.05) is 6.07 Å². The van der Waals surface area contributed by atoms with Gasteiger partial charge in [-0.3, -0.25) is 0 Å². The molecular formula is C11H12ClFO2. The first-order valence-electron chi connectivity index (χ1n) is 4.62. The van der Waals surface area contributed by atoms with Gasteiger partial charge in [-0.2, -0.15) is 0 Å². The predicted molar refractivity (Wildman–Crippen MR) is 56.7 cm³/mol. The Labute approximate surface area is 93.0 Å². The van der Waals surface area contributed by atoms with Crippen molar-refractivity contribution < 1.29 is 13.9 Å². The molecule has 0 bridgehead atoms. The summed E-state index contributed by atoms with van der Waals surface area (Å²) in [4.78, 5) is 11.4. The third-order valence-corrected chi connectivity index (χ3v) is 2.23. The van der Waals surface area contributed by atoms with E-state index >= 15 is 0 Å². The van der Waals surface area contributed by atoms with E-state index in [0.717, 1.165) is 5.56 Å². The molecule has 0 amide bonds. The number of aryl methyl sites for hydroxylation is 1. The second-order valence-corrected chi connectivity index (χ2v) is 3.40. The molecule has 82 valence electrons. The van der Waals surface area contributed by atoms with Crippen molar-refractivity contribution in [2.75, 3.05) is 6.61 Å². The normalized spacial score (nSPS) is 10.1. The quantitative estimate of drug-likeness (QED) is 0.589. The number of hydrogen-bond donors (Lipinski definition) is 0. The summed E-state index contributed by atoms with van der Waals surface area (Å²) >= 11 is 5.65. The minimum absolute atomic E-state index is 0.0579. The number of ether oxygens (including phenoxy) is 1. The van der Waals surface area contributed by atoms with Gasteiger partial charge in [0.25, 0.3) is 0 Å².